The van der Waals surface area contributed by atoms with E-state index in [1.807, 2.05) is 4.90 Å². The van der Waals surface area contributed by atoms with E-state index in [1.165, 1.54) is 7.11 Å². The summed E-state index contributed by atoms with van der Waals surface area (Å²) in [5.41, 5.74) is 0. The zero-order valence-corrected chi connectivity index (χ0v) is 12.4. The summed E-state index contributed by atoms with van der Waals surface area (Å²) in [4.78, 5) is 27.9. The van der Waals surface area contributed by atoms with Gasteiger partial charge in [-0.1, -0.05) is 6.92 Å². The predicted octanol–water partition coefficient (Wildman–Crippen LogP) is -0.451. The summed E-state index contributed by atoms with van der Waals surface area (Å²) in [6.45, 7) is 7.51. The molecule has 0 bridgehead atoms. The van der Waals surface area contributed by atoms with Gasteiger partial charge >= 0.3 is 0 Å². The molecule has 0 radical (unpaired) electrons. The van der Waals surface area contributed by atoms with Crippen LogP contribution >= 0.6 is 0 Å². The maximum atomic E-state index is 12.3. The average Bonchev–Trinajstić information content (AvgIpc) is 3.24. The van der Waals surface area contributed by atoms with Crippen LogP contribution in [0.4, 0.5) is 0 Å². The first kappa shape index (κ1) is 15.3. The first-order valence-corrected chi connectivity index (χ1v) is 7.42. The minimum atomic E-state index is -0.109. The number of piperazine rings is 1. The van der Waals surface area contributed by atoms with E-state index in [2.05, 4.69) is 17.1 Å². The quantitative estimate of drug-likeness (QED) is 0.717. The fraction of sp³-hybridized carbons (Fsp3) is 0.857. The van der Waals surface area contributed by atoms with Crippen LogP contribution in [0.1, 0.15) is 13.3 Å². The van der Waals surface area contributed by atoms with Gasteiger partial charge in [0.15, 0.2) is 0 Å². The summed E-state index contributed by atoms with van der Waals surface area (Å²) in [6, 6.07) is 0. The molecule has 1 aliphatic carbocycles. The van der Waals surface area contributed by atoms with E-state index in [9.17, 15) is 9.59 Å². The summed E-state index contributed by atoms with van der Waals surface area (Å²) in [5, 5.41) is 2.81. The van der Waals surface area contributed by atoms with Gasteiger partial charge in [0.05, 0.1) is 0 Å². The molecule has 0 spiro atoms. The molecule has 2 rings (SSSR count). The van der Waals surface area contributed by atoms with Crippen LogP contribution in [0.5, 0.6) is 0 Å². The lowest BCUT2D eigenvalue weighted by atomic mass is 10.2. The van der Waals surface area contributed by atoms with Crippen LogP contribution in [-0.2, 0) is 14.3 Å². The summed E-state index contributed by atoms with van der Waals surface area (Å²) >= 11 is 0. The van der Waals surface area contributed by atoms with Crippen LogP contribution in [0.2, 0.25) is 0 Å². The van der Waals surface area contributed by atoms with Crippen molar-refractivity contribution >= 4 is 11.8 Å². The van der Waals surface area contributed by atoms with E-state index < -0.39 is 0 Å². The predicted molar refractivity (Wildman–Crippen MR) is 75.2 cm³/mol. The fourth-order valence-electron chi connectivity index (χ4n) is 2.72. The van der Waals surface area contributed by atoms with Gasteiger partial charge in [0.2, 0.25) is 11.8 Å². The molecule has 114 valence electrons. The zero-order valence-electron chi connectivity index (χ0n) is 12.4. The van der Waals surface area contributed by atoms with Crippen LogP contribution in [0, 0.1) is 11.8 Å². The molecule has 1 heterocycles. The monoisotopic (exact) mass is 283 g/mol. The second-order valence-corrected chi connectivity index (χ2v) is 5.60. The Morgan fingerprint density at radius 3 is 2.55 bits per heavy atom. The molecule has 6 nitrogen and oxygen atoms in total. The normalized spacial score (nSPS) is 26.4. The number of carbonyl (C=O) groups is 2. The highest BCUT2D eigenvalue weighted by Crippen LogP contribution is 2.39. The molecule has 2 atom stereocenters. The van der Waals surface area contributed by atoms with E-state index in [0.29, 0.717) is 12.5 Å². The molecule has 0 aromatic carbocycles. The van der Waals surface area contributed by atoms with Gasteiger partial charge in [-0.2, -0.15) is 0 Å². The third-order valence-corrected chi connectivity index (χ3v) is 4.21. The molecule has 6 heteroatoms. The van der Waals surface area contributed by atoms with Crippen molar-refractivity contribution < 1.29 is 14.3 Å². The smallest absolute Gasteiger partial charge is 0.245 e. The Bertz CT molecular complexity index is 354. The first-order valence-electron chi connectivity index (χ1n) is 7.42. The van der Waals surface area contributed by atoms with Crippen molar-refractivity contribution in [2.24, 2.45) is 11.8 Å². The molecule has 1 N–H and O–H groups in total. The molecule has 1 aliphatic heterocycles. The minimum Gasteiger partial charge on any atom is -0.375 e. The van der Waals surface area contributed by atoms with Gasteiger partial charge in [-0.15, -0.1) is 0 Å². The van der Waals surface area contributed by atoms with Crippen molar-refractivity contribution in [3.8, 4) is 0 Å². The Morgan fingerprint density at radius 1 is 1.25 bits per heavy atom. The highest BCUT2D eigenvalue weighted by molar-refractivity contribution is 5.82. The Labute approximate surface area is 120 Å². The Hall–Kier alpha value is -1.14. The van der Waals surface area contributed by atoms with E-state index in [4.69, 9.17) is 4.74 Å². The SMILES string of the molecule is CCN1CCN(C(=O)C2CC2CNC(=O)COC)CC1. The maximum absolute atomic E-state index is 12.3. The number of hydrogen-bond donors (Lipinski definition) is 1. The van der Waals surface area contributed by atoms with Gasteiger partial charge in [-0.25, -0.2) is 0 Å². The van der Waals surface area contributed by atoms with E-state index in [0.717, 1.165) is 39.1 Å². The van der Waals surface area contributed by atoms with Gasteiger partial charge in [-0.3, -0.25) is 9.59 Å². The summed E-state index contributed by atoms with van der Waals surface area (Å²) in [5.74, 6) is 0.590. The first-order chi connectivity index (χ1) is 9.65. The van der Waals surface area contributed by atoms with Crippen molar-refractivity contribution in [2.45, 2.75) is 13.3 Å². The Kier molecular flexibility index (Phi) is 5.37. The topological polar surface area (TPSA) is 61.9 Å². The molecule has 1 saturated heterocycles. The van der Waals surface area contributed by atoms with E-state index >= 15 is 0 Å². The minimum absolute atomic E-state index is 0.0876. The molecule has 2 fully saturated rings. The number of ether oxygens (including phenoxy) is 1. The number of rotatable bonds is 6. The number of nitrogens with zero attached hydrogens (tertiary/aromatic N) is 2. The molecule has 2 unspecified atom stereocenters. The van der Waals surface area contributed by atoms with Crippen LogP contribution < -0.4 is 5.32 Å². The summed E-state index contributed by atoms with van der Waals surface area (Å²) in [6.07, 6.45) is 0.903. The molecule has 0 aromatic rings. The van der Waals surface area contributed by atoms with Gasteiger partial charge < -0.3 is 19.9 Å². The number of amides is 2. The van der Waals surface area contributed by atoms with Gasteiger partial charge in [0.25, 0.3) is 0 Å². The summed E-state index contributed by atoms with van der Waals surface area (Å²) < 4.78 is 4.75. The van der Waals surface area contributed by atoms with Crippen molar-refractivity contribution in [2.75, 3.05) is 53.0 Å². The second kappa shape index (κ2) is 7.04. The second-order valence-electron chi connectivity index (χ2n) is 5.60. The number of hydrogen-bond acceptors (Lipinski definition) is 4. The Morgan fingerprint density at radius 2 is 1.95 bits per heavy atom. The lowest BCUT2D eigenvalue weighted by Gasteiger charge is -2.34. The van der Waals surface area contributed by atoms with Crippen molar-refractivity contribution in [1.82, 2.24) is 15.1 Å². The maximum Gasteiger partial charge on any atom is 0.245 e. The zero-order chi connectivity index (χ0) is 14.5. The third kappa shape index (κ3) is 3.93. The highest BCUT2D eigenvalue weighted by Gasteiger charge is 2.45. The number of nitrogens with one attached hydrogen (secondary N) is 1. The third-order valence-electron chi connectivity index (χ3n) is 4.21. The van der Waals surface area contributed by atoms with Crippen LogP contribution in [-0.4, -0.2) is 74.6 Å². The van der Waals surface area contributed by atoms with Gasteiger partial charge in [0, 0.05) is 45.8 Å². The standard InChI is InChI=1S/C14H25N3O3/c1-3-16-4-6-17(7-5-16)14(19)12-8-11(12)9-15-13(18)10-20-2/h11-12H,3-10H2,1-2H3,(H,15,18). The molecule has 2 amide bonds. The largest absolute Gasteiger partial charge is 0.375 e. The van der Waals surface area contributed by atoms with Crippen LogP contribution in [0.15, 0.2) is 0 Å². The van der Waals surface area contributed by atoms with Crippen molar-refractivity contribution in [1.29, 1.82) is 0 Å². The van der Waals surface area contributed by atoms with Gasteiger partial charge in [0.1, 0.15) is 6.61 Å². The molecular formula is C14H25N3O3. The van der Waals surface area contributed by atoms with Crippen molar-refractivity contribution in [3.05, 3.63) is 0 Å². The number of methoxy groups -OCH3 is 1. The highest BCUT2D eigenvalue weighted by atomic mass is 16.5. The lowest BCUT2D eigenvalue weighted by molar-refractivity contribution is -0.134. The molecule has 0 aromatic heterocycles. The lowest BCUT2D eigenvalue weighted by Crippen LogP contribution is -2.49. The molecular weight excluding hydrogens is 258 g/mol. The van der Waals surface area contributed by atoms with Crippen LogP contribution in [0.3, 0.4) is 0 Å². The number of likely N-dealkylation sites (N-methyl/N-ethyl adjacent to an activating group) is 1. The molecule has 20 heavy (non-hydrogen) atoms. The average molecular weight is 283 g/mol. The van der Waals surface area contributed by atoms with E-state index in [1.54, 1.807) is 0 Å². The van der Waals surface area contributed by atoms with Gasteiger partial charge in [-0.05, 0) is 18.9 Å². The van der Waals surface area contributed by atoms with Crippen LogP contribution in [0.25, 0.3) is 0 Å². The molecule has 1 saturated carbocycles. The van der Waals surface area contributed by atoms with Crippen molar-refractivity contribution in [3.63, 3.8) is 0 Å². The molecule has 2 aliphatic rings. The fourth-order valence-corrected chi connectivity index (χ4v) is 2.72. The summed E-state index contributed by atoms with van der Waals surface area (Å²) in [7, 11) is 1.50. The van der Waals surface area contributed by atoms with E-state index in [-0.39, 0.29) is 24.3 Å². The Balaban J connectivity index is 1.67. The number of carbonyl (C=O) groups excluding carboxylic acids is 2.